The van der Waals surface area contributed by atoms with Crippen molar-refractivity contribution >= 4 is 12.1 Å². The molecule has 1 aliphatic rings. The number of carbonyl (C=O) groups is 2. The predicted molar refractivity (Wildman–Crippen MR) is 96.2 cm³/mol. The highest BCUT2D eigenvalue weighted by Gasteiger charge is 2.31. The summed E-state index contributed by atoms with van der Waals surface area (Å²) in [6.45, 7) is 0.0993. The zero-order valence-electron chi connectivity index (χ0n) is 14.9. The number of hydrogen-bond donors (Lipinski definition) is 1. The minimum absolute atomic E-state index is 0.0166. The molecule has 2 aromatic rings. The Labute approximate surface area is 156 Å². The SMILES string of the molecule is COc1cccc(C2C=C(NC(=O)OCc3ccccc3)C(=O)O2)c1OC. The van der Waals surface area contributed by atoms with Gasteiger partial charge in [-0.3, -0.25) is 5.32 Å². The Bertz CT molecular complexity index is 862. The van der Waals surface area contributed by atoms with E-state index in [0.29, 0.717) is 17.1 Å². The molecule has 0 saturated heterocycles. The van der Waals surface area contributed by atoms with E-state index in [9.17, 15) is 9.59 Å². The molecule has 1 unspecified atom stereocenters. The summed E-state index contributed by atoms with van der Waals surface area (Å²) in [5.74, 6) is 0.326. The first kappa shape index (κ1) is 18.3. The first-order chi connectivity index (χ1) is 13.1. The number of hydrogen-bond acceptors (Lipinski definition) is 6. The van der Waals surface area contributed by atoms with Gasteiger partial charge in [0.1, 0.15) is 12.3 Å². The maximum atomic E-state index is 12.1. The third kappa shape index (κ3) is 4.20. The lowest BCUT2D eigenvalue weighted by Crippen LogP contribution is -2.26. The van der Waals surface area contributed by atoms with Gasteiger partial charge < -0.3 is 18.9 Å². The number of para-hydroxylation sites is 1. The van der Waals surface area contributed by atoms with Crippen LogP contribution in [-0.2, 0) is 20.9 Å². The van der Waals surface area contributed by atoms with Crippen LogP contribution in [-0.4, -0.2) is 26.3 Å². The summed E-state index contributed by atoms with van der Waals surface area (Å²) >= 11 is 0. The number of carbonyl (C=O) groups excluding carboxylic acids is 2. The van der Waals surface area contributed by atoms with Gasteiger partial charge in [-0.05, 0) is 17.7 Å². The number of benzene rings is 2. The maximum Gasteiger partial charge on any atom is 0.412 e. The summed E-state index contributed by atoms with van der Waals surface area (Å²) in [5.41, 5.74) is 1.47. The summed E-state index contributed by atoms with van der Waals surface area (Å²) in [6.07, 6.45) is 0.0657. The van der Waals surface area contributed by atoms with Crippen LogP contribution < -0.4 is 14.8 Å². The van der Waals surface area contributed by atoms with Gasteiger partial charge in [-0.1, -0.05) is 42.5 Å². The van der Waals surface area contributed by atoms with Crippen molar-refractivity contribution in [1.82, 2.24) is 5.32 Å². The fraction of sp³-hybridized carbons (Fsp3) is 0.200. The van der Waals surface area contributed by atoms with Crippen LogP contribution in [0.5, 0.6) is 11.5 Å². The number of amides is 1. The number of alkyl carbamates (subject to hydrolysis) is 1. The first-order valence-electron chi connectivity index (χ1n) is 8.23. The van der Waals surface area contributed by atoms with Crippen molar-refractivity contribution in [2.45, 2.75) is 12.7 Å². The van der Waals surface area contributed by atoms with Crippen molar-refractivity contribution in [2.75, 3.05) is 14.2 Å². The summed E-state index contributed by atoms with van der Waals surface area (Å²) in [7, 11) is 3.02. The monoisotopic (exact) mass is 369 g/mol. The second-order valence-corrected chi connectivity index (χ2v) is 5.68. The molecule has 1 N–H and O–H groups in total. The van der Waals surface area contributed by atoms with Gasteiger partial charge in [0.15, 0.2) is 17.6 Å². The van der Waals surface area contributed by atoms with Gasteiger partial charge in [-0.25, -0.2) is 9.59 Å². The zero-order chi connectivity index (χ0) is 19.2. The molecule has 1 atom stereocenters. The maximum absolute atomic E-state index is 12.1. The first-order valence-corrected chi connectivity index (χ1v) is 8.23. The number of methoxy groups -OCH3 is 2. The average Bonchev–Trinajstić information content (AvgIpc) is 3.06. The van der Waals surface area contributed by atoms with Gasteiger partial charge in [0.25, 0.3) is 0 Å². The number of nitrogens with one attached hydrogen (secondary N) is 1. The number of esters is 1. The van der Waals surface area contributed by atoms with Crippen molar-refractivity contribution in [3.8, 4) is 11.5 Å². The summed E-state index contributed by atoms with van der Waals surface area (Å²) < 4.78 is 21.1. The van der Waals surface area contributed by atoms with Gasteiger partial charge in [-0.15, -0.1) is 0 Å². The lowest BCUT2D eigenvalue weighted by atomic mass is 10.1. The van der Waals surface area contributed by atoms with Gasteiger partial charge >= 0.3 is 12.1 Å². The van der Waals surface area contributed by atoms with E-state index >= 15 is 0 Å². The highest BCUT2D eigenvalue weighted by molar-refractivity contribution is 5.94. The van der Waals surface area contributed by atoms with E-state index in [4.69, 9.17) is 18.9 Å². The largest absolute Gasteiger partial charge is 0.493 e. The third-order valence-corrected chi connectivity index (χ3v) is 3.96. The van der Waals surface area contributed by atoms with Crippen molar-refractivity contribution in [2.24, 2.45) is 0 Å². The molecule has 0 fully saturated rings. The molecule has 0 bridgehead atoms. The fourth-order valence-corrected chi connectivity index (χ4v) is 2.68. The molecule has 2 aromatic carbocycles. The molecule has 0 saturated carbocycles. The molecule has 0 aromatic heterocycles. The van der Waals surface area contributed by atoms with E-state index < -0.39 is 18.2 Å². The normalized spacial score (nSPS) is 15.6. The van der Waals surface area contributed by atoms with Crippen LogP contribution in [0.2, 0.25) is 0 Å². The second-order valence-electron chi connectivity index (χ2n) is 5.68. The molecular weight excluding hydrogens is 350 g/mol. The smallest absolute Gasteiger partial charge is 0.412 e. The molecule has 7 heteroatoms. The van der Waals surface area contributed by atoms with Gasteiger partial charge in [0.2, 0.25) is 0 Å². The Balaban J connectivity index is 1.69. The Hall–Kier alpha value is -3.48. The molecule has 1 amide bonds. The highest BCUT2D eigenvalue weighted by atomic mass is 16.6. The van der Waals surface area contributed by atoms with Crippen molar-refractivity contribution in [3.63, 3.8) is 0 Å². The van der Waals surface area contributed by atoms with Crippen LogP contribution in [0.4, 0.5) is 4.79 Å². The van der Waals surface area contributed by atoms with Gasteiger partial charge in [0.05, 0.1) is 14.2 Å². The molecular formula is C20H19NO6. The topological polar surface area (TPSA) is 83.1 Å². The minimum Gasteiger partial charge on any atom is -0.493 e. The molecule has 1 heterocycles. The van der Waals surface area contributed by atoms with Crippen LogP contribution in [0.1, 0.15) is 17.2 Å². The van der Waals surface area contributed by atoms with Crippen molar-refractivity contribution in [1.29, 1.82) is 0 Å². The Morgan fingerprint density at radius 1 is 1.07 bits per heavy atom. The summed E-state index contributed by atoms with van der Waals surface area (Å²) in [5, 5.41) is 2.42. The van der Waals surface area contributed by atoms with Gasteiger partial charge in [0, 0.05) is 5.56 Å². The molecule has 0 radical (unpaired) electrons. The van der Waals surface area contributed by atoms with E-state index in [-0.39, 0.29) is 12.3 Å². The quantitative estimate of drug-likeness (QED) is 0.788. The van der Waals surface area contributed by atoms with E-state index in [1.807, 2.05) is 30.3 Å². The Morgan fingerprint density at radius 2 is 1.85 bits per heavy atom. The van der Waals surface area contributed by atoms with Gasteiger partial charge in [-0.2, -0.15) is 0 Å². The van der Waals surface area contributed by atoms with Crippen LogP contribution in [0, 0.1) is 0 Å². The van der Waals surface area contributed by atoms with E-state index in [1.165, 1.54) is 20.3 Å². The summed E-state index contributed by atoms with van der Waals surface area (Å²) in [4.78, 5) is 24.0. The lowest BCUT2D eigenvalue weighted by Gasteiger charge is -2.15. The standard InChI is InChI=1S/C20H19NO6/c1-24-16-10-6-9-14(18(16)25-2)17-11-15(19(22)27-17)21-20(23)26-12-13-7-4-3-5-8-13/h3-11,17H,12H2,1-2H3,(H,21,23). The van der Waals surface area contributed by atoms with E-state index in [0.717, 1.165) is 5.56 Å². The number of rotatable bonds is 6. The van der Waals surface area contributed by atoms with Crippen LogP contribution in [0.3, 0.4) is 0 Å². The van der Waals surface area contributed by atoms with Crippen LogP contribution in [0.15, 0.2) is 60.3 Å². The van der Waals surface area contributed by atoms with E-state index in [2.05, 4.69) is 5.32 Å². The van der Waals surface area contributed by atoms with Crippen molar-refractivity contribution in [3.05, 3.63) is 71.4 Å². The Morgan fingerprint density at radius 3 is 2.56 bits per heavy atom. The number of ether oxygens (including phenoxy) is 4. The third-order valence-electron chi connectivity index (χ3n) is 3.96. The second kappa shape index (κ2) is 8.27. The molecule has 3 rings (SSSR count). The molecule has 0 aliphatic carbocycles. The molecule has 27 heavy (non-hydrogen) atoms. The predicted octanol–water partition coefficient (Wildman–Crippen LogP) is 3.11. The van der Waals surface area contributed by atoms with Crippen LogP contribution in [0.25, 0.3) is 0 Å². The van der Waals surface area contributed by atoms with E-state index in [1.54, 1.807) is 18.2 Å². The molecule has 140 valence electrons. The lowest BCUT2D eigenvalue weighted by molar-refractivity contribution is -0.140. The summed E-state index contributed by atoms with van der Waals surface area (Å²) in [6, 6.07) is 14.5. The van der Waals surface area contributed by atoms with Crippen LogP contribution >= 0.6 is 0 Å². The van der Waals surface area contributed by atoms with Crippen molar-refractivity contribution < 1.29 is 28.5 Å². The average molecular weight is 369 g/mol. The fourth-order valence-electron chi connectivity index (χ4n) is 2.68. The zero-order valence-corrected chi connectivity index (χ0v) is 14.9. The highest BCUT2D eigenvalue weighted by Crippen LogP contribution is 2.38. The molecule has 1 aliphatic heterocycles. The minimum atomic E-state index is -0.736. The molecule has 0 spiro atoms. The Kier molecular flexibility index (Phi) is 5.61. The number of cyclic esters (lactones) is 1. The molecule has 7 nitrogen and oxygen atoms in total.